The minimum Gasteiger partial charge on any atom is -0.305 e. The normalized spacial score (nSPS) is 12.6. The lowest BCUT2D eigenvalue weighted by atomic mass is 10.0. The van der Waals surface area contributed by atoms with Crippen LogP contribution in [-0.4, -0.2) is 16.1 Å². The molecule has 0 bridgehead atoms. The smallest absolute Gasteiger partial charge is 0.123 e. The van der Waals surface area contributed by atoms with Crippen molar-refractivity contribution in [2.75, 3.05) is 6.54 Å². The van der Waals surface area contributed by atoms with Gasteiger partial charge in [-0.05, 0) is 48.6 Å². The first-order valence-electron chi connectivity index (χ1n) is 7.06. The SMILES string of the molecule is CCCNC(c1ccc(F)cc1)c1snnc1CCC. The minimum atomic E-state index is -0.209. The molecule has 0 aliphatic carbocycles. The average Bonchev–Trinajstić information content (AvgIpc) is 2.90. The average molecular weight is 293 g/mol. The van der Waals surface area contributed by atoms with Gasteiger partial charge in [-0.15, -0.1) is 5.10 Å². The van der Waals surface area contributed by atoms with Crippen LogP contribution in [0.3, 0.4) is 0 Å². The van der Waals surface area contributed by atoms with E-state index in [9.17, 15) is 4.39 Å². The van der Waals surface area contributed by atoms with E-state index in [-0.39, 0.29) is 11.9 Å². The molecular formula is C15H20FN3S. The molecule has 1 aromatic carbocycles. The number of hydrogen-bond acceptors (Lipinski definition) is 4. The fourth-order valence-corrected chi connectivity index (χ4v) is 2.95. The second-order valence-electron chi connectivity index (χ2n) is 4.77. The fraction of sp³-hybridized carbons (Fsp3) is 0.467. The van der Waals surface area contributed by atoms with Crippen molar-refractivity contribution in [2.45, 2.75) is 39.2 Å². The molecule has 1 aromatic heterocycles. The van der Waals surface area contributed by atoms with Crippen molar-refractivity contribution >= 4 is 11.5 Å². The molecule has 3 nitrogen and oxygen atoms in total. The number of rotatable bonds is 7. The van der Waals surface area contributed by atoms with Gasteiger partial charge in [0.2, 0.25) is 0 Å². The van der Waals surface area contributed by atoms with Crippen molar-refractivity contribution in [1.29, 1.82) is 0 Å². The van der Waals surface area contributed by atoms with Crippen LogP contribution in [0.25, 0.3) is 0 Å². The van der Waals surface area contributed by atoms with E-state index in [4.69, 9.17) is 0 Å². The number of aromatic nitrogens is 2. The third-order valence-electron chi connectivity index (χ3n) is 3.14. The highest BCUT2D eigenvalue weighted by Crippen LogP contribution is 2.28. The van der Waals surface area contributed by atoms with Crippen LogP contribution < -0.4 is 5.32 Å². The molecule has 1 unspecified atom stereocenters. The van der Waals surface area contributed by atoms with E-state index >= 15 is 0 Å². The molecule has 5 heteroatoms. The van der Waals surface area contributed by atoms with Gasteiger partial charge in [0.15, 0.2) is 0 Å². The summed E-state index contributed by atoms with van der Waals surface area (Å²) in [6.07, 6.45) is 3.02. The van der Waals surface area contributed by atoms with E-state index in [1.165, 1.54) is 23.7 Å². The third kappa shape index (κ3) is 3.61. The van der Waals surface area contributed by atoms with Gasteiger partial charge in [0.05, 0.1) is 16.6 Å². The second-order valence-corrected chi connectivity index (χ2v) is 5.56. The molecule has 0 aliphatic heterocycles. The van der Waals surface area contributed by atoms with Gasteiger partial charge in [0, 0.05) is 0 Å². The monoisotopic (exact) mass is 293 g/mol. The number of halogens is 1. The number of nitrogens with zero attached hydrogens (tertiary/aromatic N) is 2. The van der Waals surface area contributed by atoms with Crippen molar-refractivity contribution in [3.63, 3.8) is 0 Å². The summed E-state index contributed by atoms with van der Waals surface area (Å²) in [6.45, 7) is 5.17. The quantitative estimate of drug-likeness (QED) is 0.845. The van der Waals surface area contributed by atoms with E-state index < -0.39 is 0 Å². The van der Waals surface area contributed by atoms with Gasteiger partial charge in [0.1, 0.15) is 5.82 Å². The molecule has 2 rings (SSSR count). The van der Waals surface area contributed by atoms with E-state index in [0.717, 1.165) is 41.9 Å². The zero-order chi connectivity index (χ0) is 14.4. The molecule has 2 aromatic rings. The Morgan fingerprint density at radius 2 is 1.95 bits per heavy atom. The summed E-state index contributed by atoms with van der Waals surface area (Å²) >= 11 is 1.43. The van der Waals surface area contributed by atoms with Crippen molar-refractivity contribution in [2.24, 2.45) is 0 Å². The Balaban J connectivity index is 2.31. The molecule has 0 saturated heterocycles. The topological polar surface area (TPSA) is 37.8 Å². The molecule has 0 radical (unpaired) electrons. The Hall–Kier alpha value is -1.33. The maximum absolute atomic E-state index is 13.1. The van der Waals surface area contributed by atoms with Crippen LogP contribution in [0.5, 0.6) is 0 Å². The maximum Gasteiger partial charge on any atom is 0.123 e. The Labute approximate surface area is 123 Å². The van der Waals surface area contributed by atoms with Gasteiger partial charge < -0.3 is 5.32 Å². The molecule has 20 heavy (non-hydrogen) atoms. The highest BCUT2D eigenvalue weighted by Gasteiger charge is 2.20. The number of nitrogens with one attached hydrogen (secondary N) is 1. The molecule has 0 aliphatic rings. The molecule has 108 valence electrons. The van der Waals surface area contributed by atoms with Gasteiger partial charge >= 0.3 is 0 Å². The molecule has 1 N–H and O–H groups in total. The summed E-state index contributed by atoms with van der Waals surface area (Å²) < 4.78 is 17.2. The van der Waals surface area contributed by atoms with Crippen molar-refractivity contribution < 1.29 is 4.39 Å². The lowest BCUT2D eigenvalue weighted by molar-refractivity contribution is 0.594. The Morgan fingerprint density at radius 3 is 2.60 bits per heavy atom. The number of benzene rings is 1. The van der Waals surface area contributed by atoms with Crippen LogP contribution in [0.1, 0.15) is 48.9 Å². The number of hydrogen-bond donors (Lipinski definition) is 1. The zero-order valence-electron chi connectivity index (χ0n) is 11.9. The summed E-state index contributed by atoms with van der Waals surface area (Å²) in [7, 11) is 0. The van der Waals surface area contributed by atoms with E-state index in [0.29, 0.717) is 0 Å². The summed E-state index contributed by atoms with van der Waals surface area (Å²) in [6, 6.07) is 6.72. The summed E-state index contributed by atoms with van der Waals surface area (Å²) in [5, 5.41) is 7.75. The van der Waals surface area contributed by atoms with Crippen LogP contribution >= 0.6 is 11.5 Å². The van der Waals surface area contributed by atoms with E-state index in [1.54, 1.807) is 0 Å². The third-order valence-corrected chi connectivity index (χ3v) is 3.97. The van der Waals surface area contributed by atoms with Crippen molar-refractivity contribution in [3.05, 3.63) is 46.2 Å². The van der Waals surface area contributed by atoms with E-state index in [1.807, 2.05) is 12.1 Å². The van der Waals surface area contributed by atoms with Gasteiger partial charge in [-0.2, -0.15) is 0 Å². The predicted molar refractivity (Wildman–Crippen MR) is 80.4 cm³/mol. The summed E-state index contributed by atoms with van der Waals surface area (Å²) in [5.74, 6) is -0.209. The molecule has 0 amide bonds. The van der Waals surface area contributed by atoms with Crippen LogP contribution in [0.2, 0.25) is 0 Å². The first-order valence-corrected chi connectivity index (χ1v) is 7.83. The van der Waals surface area contributed by atoms with Crippen molar-refractivity contribution in [3.8, 4) is 0 Å². The van der Waals surface area contributed by atoms with Crippen LogP contribution in [0.4, 0.5) is 4.39 Å². The van der Waals surface area contributed by atoms with Crippen LogP contribution in [0, 0.1) is 5.82 Å². The molecular weight excluding hydrogens is 273 g/mol. The molecule has 0 fully saturated rings. The second kappa shape index (κ2) is 7.45. The maximum atomic E-state index is 13.1. The fourth-order valence-electron chi connectivity index (χ4n) is 2.15. The van der Waals surface area contributed by atoms with Crippen molar-refractivity contribution in [1.82, 2.24) is 14.9 Å². The van der Waals surface area contributed by atoms with Gasteiger partial charge in [-0.1, -0.05) is 36.9 Å². The van der Waals surface area contributed by atoms with Gasteiger partial charge in [0.25, 0.3) is 0 Å². The molecule has 1 atom stereocenters. The first kappa shape index (κ1) is 15.1. The van der Waals surface area contributed by atoms with Crippen LogP contribution in [-0.2, 0) is 6.42 Å². The lowest BCUT2D eigenvalue weighted by Gasteiger charge is -2.18. The Morgan fingerprint density at radius 1 is 1.20 bits per heavy atom. The standard InChI is InChI=1S/C15H20FN3S/c1-3-5-13-15(20-19-18-13)14(17-10-4-2)11-6-8-12(16)9-7-11/h6-9,14,17H,3-5,10H2,1-2H3. The highest BCUT2D eigenvalue weighted by atomic mass is 32.1. The van der Waals surface area contributed by atoms with Crippen LogP contribution in [0.15, 0.2) is 24.3 Å². The minimum absolute atomic E-state index is 0.0529. The summed E-state index contributed by atoms with van der Waals surface area (Å²) in [4.78, 5) is 1.15. The number of aryl methyl sites for hydroxylation is 1. The predicted octanol–water partition coefficient (Wildman–Crippen LogP) is 3.72. The zero-order valence-corrected chi connectivity index (χ0v) is 12.7. The first-order chi connectivity index (χ1) is 9.76. The van der Waals surface area contributed by atoms with Gasteiger partial charge in [-0.3, -0.25) is 0 Å². The molecule has 0 saturated carbocycles. The Bertz CT molecular complexity index is 524. The highest BCUT2D eigenvalue weighted by molar-refractivity contribution is 7.05. The van der Waals surface area contributed by atoms with Gasteiger partial charge in [-0.25, -0.2) is 4.39 Å². The molecule has 0 spiro atoms. The Kier molecular flexibility index (Phi) is 5.61. The molecule has 1 heterocycles. The summed E-state index contributed by atoms with van der Waals surface area (Å²) in [5.41, 5.74) is 2.11. The van der Waals surface area contributed by atoms with E-state index in [2.05, 4.69) is 28.8 Å². The lowest BCUT2D eigenvalue weighted by Crippen LogP contribution is -2.23. The largest absolute Gasteiger partial charge is 0.305 e.